The van der Waals surface area contributed by atoms with Gasteiger partial charge < -0.3 is 9.80 Å². The van der Waals surface area contributed by atoms with Crippen LogP contribution in [-0.2, 0) is 9.59 Å². The van der Waals surface area contributed by atoms with E-state index >= 15 is 0 Å². The number of amides is 2. The van der Waals surface area contributed by atoms with E-state index in [2.05, 4.69) is 0 Å². The van der Waals surface area contributed by atoms with E-state index in [1.54, 1.807) is 24.0 Å². The van der Waals surface area contributed by atoms with Crippen molar-refractivity contribution < 1.29 is 14.0 Å². The standard InChI is InChI=1S/C15H17FN2O2/c1-10-4-2-5-11(16)14(10)18-9-7-13(19)17-8-3-6-12(17)15(18)20/h2,4-5,12H,3,6-9H2,1H3. The van der Waals surface area contributed by atoms with E-state index < -0.39 is 11.9 Å². The van der Waals surface area contributed by atoms with Gasteiger partial charge in [-0.05, 0) is 31.4 Å². The number of anilines is 1. The third kappa shape index (κ3) is 1.97. The second-order valence-electron chi connectivity index (χ2n) is 5.39. The summed E-state index contributed by atoms with van der Waals surface area (Å²) in [5.74, 6) is -0.559. The molecule has 2 heterocycles. The number of benzene rings is 1. The first-order valence-electron chi connectivity index (χ1n) is 6.95. The molecule has 2 fully saturated rings. The predicted octanol–water partition coefficient (Wildman–Crippen LogP) is 1.86. The first kappa shape index (κ1) is 13.1. The van der Waals surface area contributed by atoms with Gasteiger partial charge in [-0.15, -0.1) is 0 Å². The minimum Gasteiger partial charge on any atom is -0.331 e. The molecule has 0 N–H and O–H groups in total. The van der Waals surface area contributed by atoms with E-state index in [-0.39, 0.29) is 24.8 Å². The fourth-order valence-electron chi connectivity index (χ4n) is 3.15. The Morgan fingerprint density at radius 3 is 2.80 bits per heavy atom. The molecule has 0 bridgehead atoms. The Morgan fingerprint density at radius 2 is 2.05 bits per heavy atom. The highest BCUT2D eigenvalue weighted by Crippen LogP contribution is 2.30. The van der Waals surface area contributed by atoms with Gasteiger partial charge in [0.2, 0.25) is 11.8 Å². The number of para-hydroxylation sites is 1. The number of carbonyl (C=O) groups excluding carboxylic acids is 2. The molecule has 0 aliphatic carbocycles. The van der Waals surface area contributed by atoms with Crippen molar-refractivity contribution in [1.29, 1.82) is 0 Å². The van der Waals surface area contributed by atoms with Crippen molar-refractivity contribution in [2.75, 3.05) is 18.0 Å². The highest BCUT2D eigenvalue weighted by atomic mass is 19.1. The summed E-state index contributed by atoms with van der Waals surface area (Å²) in [5.41, 5.74) is 1.04. The molecular weight excluding hydrogens is 259 g/mol. The quantitative estimate of drug-likeness (QED) is 0.785. The van der Waals surface area contributed by atoms with Crippen LogP contribution in [0.4, 0.5) is 10.1 Å². The predicted molar refractivity (Wildman–Crippen MR) is 72.8 cm³/mol. The van der Waals surface area contributed by atoms with E-state index in [9.17, 15) is 14.0 Å². The van der Waals surface area contributed by atoms with Crippen LogP contribution in [0.5, 0.6) is 0 Å². The topological polar surface area (TPSA) is 40.6 Å². The molecule has 1 atom stereocenters. The maximum absolute atomic E-state index is 14.1. The van der Waals surface area contributed by atoms with Crippen molar-refractivity contribution in [2.45, 2.75) is 32.2 Å². The van der Waals surface area contributed by atoms with E-state index in [4.69, 9.17) is 0 Å². The minimum absolute atomic E-state index is 0.00246. The van der Waals surface area contributed by atoms with Gasteiger partial charge in [0, 0.05) is 19.5 Å². The number of fused-ring (bicyclic) bond motifs is 1. The van der Waals surface area contributed by atoms with Gasteiger partial charge in [-0.25, -0.2) is 4.39 Å². The van der Waals surface area contributed by atoms with Gasteiger partial charge in [0.1, 0.15) is 11.9 Å². The molecule has 20 heavy (non-hydrogen) atoms. The summed E-state index contributed by atoms with van der Waals surface area (Å²) in [4.78, 5) is 27.8. The van der Waals surface area contributed by atoms with Crippen molar-refractivity contribution in [1.82, 2.24) is 4.90 Å². The lowest BCUT2D eigenvalue weighted by Gasteiger charge is -2.26. The molecule has 0 aromatic heterocycles. The van der Waals surface area contributed by atoms with Crippen molar-refractivity contribution in [2.24, 2.45) is 0 Å². The fourth-order valence-corrected chi connectivity index (χ4v) is 3.15. The second kappa shape index (κ2) is 4.89. The Kier molecular flexibility index (Phi) is 3.20. The summed E-state index contributed by atoms with van der Waals surface area (Å²) >= 11 is 0. The number of hydrogen-bond donors (Lipinski definition) is 0. The number of halogens is 1. The van der Waals surface area contributed by atoms with Crippen LogP contribution in [-0.4, -0.2) is 35.8 Å². The van der Waals surface area contributed by atoms with E-state index in [0.29, 0.717) is 18.7 Å². The molecule has 0 spiro atoms. The highest BCUT2D eigenvalue weighted by molar-refractivity contribution is 6.02. The maximum Gasteiger partial charge on any atom is 0.249 e. The van der Waals surface area contributed by atoms with Gasteiger partial charge in [-0.3, -0.25) is 9.59 Å². The van der Waals surface area contributed by atoms with Gasteiger partial charge in [0.05, 0.1) is 5.69 Å². The molecule has 1 aromatic carbocycles. The Morgan fingerprint density at radius 1 is 1.25 bits per heavy atom. The Labute approximate surface area is 117 Å². The average Bonchev–Trinajstić information content (AvgIpc) is 2.86. The molecule has 4 nitrogen and oxygen atoms in total. The summed E-state index contributed by atoms with van der Waals surface area (Å²) < 4.78 is 14.1. The van der Waals surface area contributed by atoms with Crippen LogP contribution in [0.15, 0.2) is 18.2 Å². The summed E-state index contributed by atoms with van der Waals surface area (Å²) in [5, 5.41) is 0. The van der Waals surface area contributed by atoms with Crippen molar-refractivity contribution >= 4 is 17.5 Å². The smallest absolute Gasteiger partial charge is 0.249 e. The normalized spacial score (nSPS) is 23.0. The van der Waals surface area contributed by atoms with E-state index in [0.717, 1.165) is 12.0 Å². The molecule has 0 radical (unpaired) electrons. The fraction of sp³-hybridized carbons (Fsp3) is 0.467. The Hall–Kier alpha value is -1.91. The van der Waals surface area contributed by atoms with Crippen LogP contribution in [0.3, 0.4) is 0 Å². The zero-order valence-corrected chi connectivity index (χ0v) is 11.4. The minimum atomic E-state index is -0.413. The third-order valence-electron chi connectivity index (χ3n) is 4.13. The molecule has 5 heteroatoms. The maximum atomic E-state index is 14.1. The average molecular weight is 276 g/mol. The molecule has 2 aliphatic rings. The monoisotopic (exact) mass is 276 g/mol. The summed E-state index contributed by atoms with van der Waals surface area (Å²) in [6, 6.07) is 4.35. The summed E-state index contributed by atoms with van der Waals surface area (Å²) in [6.45, 7) is 2.68. The van der Waals surface area contributed by atoms with Crippen LogP contribution in [0.2, 0.25) is 0 Å². The third-order valence-corrected chi connectivity index (χ3v) is 4.13. The highest BCUT2D eigenvalue weighted by Gasteiger charge is 2.40. The zero-order valence-electron chi connectivity index (χ0n) is 11.4. The van der Waals surface area contributed by atoms with Crippen LogP contribution in [0, 0.1) is 12.7 Å². The van der Waals surface area contributed by atoms with Gasteiger partial charge in [-0.1, -0.05) is 12.1 Å². The lowest BCUT2D eigenvalue weighted by molar-refractivity contribution is -0.135. The molecule has 1 aromatic rings. The van der Waals surface area contributed by atoms with E-state index in [1.807, 2.05) is 0 Å². The first-order valence-corrected chi connectivity index (χ1v) is 6.95. The Balaban J connectivity index is 2.01. The number of nitrogens with zero attached hydrogens (tertiary/aromatic N) is 2. The van der Waals surface area contributed by atoms with Crippen LogP contribution < -0.4 is 4.90 Å². The van der Waals surface area contributed by atoms with Crippen LogP contribution >= 0.6 is 0 Å². The van der Waals surface area contributed by atoms with Crippen molar-refractivity contribution in [3.63, 3.8) is 0 Å². The molecule has 2 saturated heterocycles. The zero-order chi connectivity index (χ0) is 14.3. The molecule has 106 valence electrons. The summed E-state index contributed by atoms with van der Waals surface area (Å²) in [6.07, 6.45) is 1.77. The largest absolute Gasteiger partial charge is 0.331 e. The molecule has 2 aliphatic heterocycles. The molecule has 2 amide bonds. The number of hydrogen-bond acceptors (Lipinski definition) is 2. The van der Waals surface area contributed by atoms with E-state index in [1.165, 1.54) is 11.0 Å². The van der Waals surface area contributed by atoms with Crippen LogP contribution in [0.1, 0.15) is 24.8 Å². The Bertz CT molecular complexity index is 553. The lowest BCUT2D eigenvalue weighted by Crippen LogP contribution is -2.44. The summed E-state index contributed by atoms with van der Waals surface area (Å²) in [7, 11) is 0. The van der Waals surface area contributed by atoms with Gasteiger partial charge >= 0.3 is 0 Å². The van der Waals surface area contributed by atoms with Crippen molar-refractivity contribution in [3.05, 3.63) is 29.6 Å². The van der Waals surface area contributed by atoms with Gasteiger partial charge in [0.25, 0.3) is 0 Å². The number of carbonyl (C=O) groups is 2. The second-order valence-corrected chi connectivity index (χ2v) is 5.39. The molecule has 0 saturated carbocycles. The van der Waals surface area contributed by atoms with Gasteiger partial charge in [-0.2, -0.15) is 0 Å². The van der Waals surface area contributed by atoms with Gasteiger partial charge in [0.15, 0.2) is 0 Å². The SMILES string of the molecule is Cc1cccc(F)c1N1CCC(=O)N2CCCC2C1=O. The molecule has 3 rings (SSSR count). The molecular formula is C15H17FN2O2. The number of aryl methyl sites for hydroxylation is 1. The first-order chi connectivity index (χ1) is 9.59. The van der Waals surface area contributed by atoms with Crippen molar-refractivity contribution in [3.8, 4) is 0 Å². The lowest BCUT2D eigenvalue weighted by atomic mass is 10.1. The molecule has 1 unspecified atom stereocenters. The number of rotatable bonds is 1. The van der Waals surface area contributed by atoms with Crippen LogP contribution in [0.25, 0.3) is 0 Å².